The molecule has 3 rings (SSSR count). The molecule has 1 amide bonds. The zero-order valence-electron chi connectivity index (χ0n) is 12.9. The van der Waals surface area contributed by atoms with E-state index >= 15 is 0 Å². The summed E-state index contributed by atoms with van der Waals surface area (Å²) in [5, 5.41) is 13.7. The fraction of sp³-hybridized carbons (Fsp3) is 0.118. The van der Waals surface area contributed by atoms with Crippen molar-refractivity contribution in [3.8, 4) is 11.5 Å². The second-order valence-corrected chi connectivity index (χ2v) is 5.97. The van der Waals surface area contributed by atoms with Gasteiger partial charge in [0.15, 0.2) is 11.5 Å². The van der Waals surface area contributed by atoms with Crippen LogP contribution in [0.25, 0.3) is 6.08 Å². The monoisotopic (exact) mass is 404 g/mol. The summed E-state index contributed by atoms with van der Waals surface area (Å²) in [6.45, 7) is 0.920. The number of fused-ring (bicyclic) bond motifs is 1. The number of ether oxygens (including phenoxy) is 2. The Bertz CT molecular complexity index is 866. The first-order valence-corrected chi connectivity index (χ1v) is 8.15. The van der Waals surface area contributed by atoms with Crippen molar-refractivity contribution in [1.29, 1.82) is 0 Å². The van der Waals surface area contributed by atoms with Gasteiger partial charge in [0.25, 0.3) is 5.69 Å². The molecule has 128 valence electrons. The number of carbonyl (C=O) groups excluding carboxylic acids is 1. The van der Waals surface area contributed by atoms with E-state index in [-0.39, 0.29) is 5.69 Å². The number of anilines is 1. The Balaban J connectivity index is 1.76. The van der Waals surface area contributed by atoms with Gasteiger partial charge >= 0.3 is 0 Å². The number of hydrogen-bond donors (Lipinski definition) is 1. The van der Waals surface area contributed by atoms with Gasteiger partial charge in [-0.3, -0.25) is 14.9 Å². The molecular formula is C17H13BrN2O5. The molecule has 25 heavy (non-hydrogen) atoms. The number of nitrogens with zero attached hydrogens (tertiary/aromatic N) is 1. The third-order valence-electron chi connectivity index (χ3n) is 3.44. The normalized spacial score (nSPS) is 12.8. The second-order valence-electron chi connectivity index (χ2n) is 5.11. The van der Waals surface area contributed by atoms with E-state index in [9.17, 15) is 14.9 Å². The molecule has 1 N–H and O–H groups in total. The van der Waals surface area contributed by atoms with Gasteiger partial charge in [-0.1, -0.05) is 12.1 Å². The van der Waals surface area contributed by atoms with Crippen LogP contribution in [0.15, 0.2) is 46.9 Å². The van der Waals surface area contributed by atoms with Crippen LogP contribution < -0.4 is 14.8 Å². The third kappa shape index (κ3) is 3.97. The highest BCUT2D eigenvalue weighted by Crippen LogP contribution is 2.38. The summed E-state index contributed by atoms with van der Waals surface area (Å²) < 4.78 is 11.6. The van der Waals surface area contributed by atoms with E-state index in [2.05, 4.69) is 21.2 Å². The summed E-state index contributed by atoms with van der Waals surface area (Å²) >= 11 is 3.37. The summed E-state index contributed by atoms with van der Waals surface area (Å²) in [5.74, 6) is 0.731. The van der Waals surface area contributed by atoms with Crippen molar-refractivity contribution in [2.24, 2.45) is 0 Å². The van der Waals surface area contributed by atoms with E-state index < -0.39 is 10.8 Å². The molecule has 7 nitrogen and oxygen atoms in total. The average molecular weight is 405 g/mol. The summed E-state index contributed by atoms with van der Waals surface area (Å²) in [6, 6.07) is 9.58. The lowest BCUT2D eigenvalue weighted by molar-refractivity contribution is -0.385. The molecule has 0 radical (unpaired) electrons. The van der Waals surface area contributed by atoms with E-state index in [0.717, 1.165) is 0 Å². The van der Waals surface area contributed by atoms with Crippen LogP contribution in [0.4, 0.5) is 11.4 Å². The van der Waals surface area contributed by atoms with Crippen molar-refractivity contribution in [3.63, 3.8) is 0 Å². The summed E-state index contributed by atoms with van der Waals surface area (Å²) in [4.78, 5) is 22.6. The molecule has 0 aliphatic carbocycles. The Morgan fingerprint density at radius 3 is 2.60 bits per heavy atom. The molecule has 0 aromatic heterocycles. The molecule has 0 saturated carbocycles. The fourth-order valence-electron chi connectivity index (χ4n) is 2.29. The minimum absolute atomic E-state index is 0.0629. The zero-order chi connectivity index (χ0) is 17.8. The number of nitro benzene ring substituents is 1. The molecular weight excluding hydrogens is 392 g/mol. The first-order chi connectivity index (χ1) is 12.0. The number of hydrogen-bond acceptors (Lipinski definition) is 5. The number of amides is 1. The summed E-state index contributed by atoms with van der Waals surface area (Å²) in [5.41, 5.74) is 0.803. The van der Waals surface area contributed by atoms with Gasteiger partial charge in [0.2, 0.25) is 5.91 Å². The zero-order valence-corrected chi connectivity index (χ0v) is 14.5. The second kappa shape index (κ2) is 7.35. The van der Waals surface area contributed by atoms with Gasteiger partial charge < -0.3 is 14.8 Å². The Morgan fingerprint density at radius 2 is 1.88 bits per heavy atom. The van der Waals surface area contributed by atoms with Crippen molar-refractivity contribution < 1.29 is 19.2 Å². The van der Waals surface area contributed by atoms with Crippen LogP contribution in [0, 0.1) is 10.1 Å². The molecule has 0 unspecified atom stereocenters. The first kappa shape index (κ1) is 17.0. The van der Waals surface area contributed by atoms with E-state index in [1.165, 1.54) is 18.2 Å². The number of halogens is 1. The predicted molar refractivity (Wildman–Crippen MR) is 95.9 cm³/mol. The minimum Gasteiger partial charge on any atom is -0.486 e. The van der Waals surface area contributed by atoms with Gasteiger partial charge in [0.05, 0.1) is 16.2 Å². The number of benzene rings is 2. The maximum atomic E-state index is 12.1. The topological polar surface area (TPSA) is 90.7 Å². The SMILES string of the molecule is O=C(/C=C/c1ccccc1[N+](=O)[O-])Nc1cc2c(cc1Br)OCCO2. The molecule has 2 aromatic rings. The van der Waals surface area contributed by atoms with Gasteiger partial charge in [-0.2, -0.15) is 0 Å². The van der Waals surface area contributed by atoms with E-state index in [0.29, 0.717) is 40.4 Å². The Hall–Kier alpha value is -2.87. The number of nitrogens with one attached hydrogen (secondary N) is 1. The van der Waals surface area contributed by atoms with Crippen molar-refractivity contribution in [2.75, 3.05) is 18.5 Å². The van der Waals surface area contributed by atoms with Crippen LogP contribution in [0.1, 0.15) is 5.56 Å². The number of carbonyl (C=O) groups is 1. The summed E-state index contributed by atoms with van der Waals surface area (Å²) in [6.07, 6.45) is 2.64. The highest BCUT2D eigenvalue weighted by Gasteiger charge is 2.16. The molecule has 0 atom stereocenters. The first-order valence-electron chi connectivity index (χ1n) is 7.36. The molecule has 0 spiro atoms. The average Bonchev–Trinajstić information content (AvgIpc) is 2.60. The Labute approximate surface area is 151 Å². The fourth-order valence-corrected chi connectivity index (χ4v) is 2.72. The maximum absolute atomic E-state index is 12.1. The maximum Gasteiger partial charge on any atom is 0.276 e. The largest absolute Gasteiger partial charge is 0.486 e. The number of nitro groups is 1. The van der Waals surface area contributed by atoms with E-state index in [1.807, 2.05) is 0 Å². The van der Waals surface area contributed by atoms with Crippen LogP contribution in [0.2, 0.25) is 0 Å². The molecule has 1 aliphatic heterocycles. The molecule has 0 saturated heterocycles. The Kier molecular flexibility index (Phi) is 4.99. The van der Waals surface area contributed by atoms with Gasteiger partial charge in [-0.05, 0) is 28.1 Å². The third-order valence-corrected chi connectivity index (χ3v) is 4.09. The highest BCUT2D eigenvalue weighted by atomic mass is 79.9. The number of para-hydroxylation sites is 1. The molecule has 8 heteroatoms. The van der Waals surface area contributed by atoms with Crippen molar-refractivity contribution >= 4 is 39.3 Å². The smallest absolute Gasteiger partial charge is 0.276 e. The van der Waals surface area contributed by atoms with E-state index in [1.54, 1.807) is 30.3 Å². The molecule has 1 heterocycles. The van der Waals surface area contributed by atoms with Crippen molar-refractivity contribution in [1.82, 2.24) is 0 Å². The lowest BCUT2D eigenvalue weighted by Gasteiger charge is -2.19. The van der Waals surface area contributed by atoms with Crippen molar-refractivity contribution in [3.05, 3.63) is 62.6 Å². The highest BCUT2D eigenvalue weighted by molar-refractivity contribution is 9.10. The molecule has 1 aliphatic rings. The molecule has 0 bridgehead atoms. The molecule has 0 fully saturated rings. The van der Waals surface area contributed by atoms with Crippen molar-refractivity contribution in [2.45, 2.75) is 0 Å². The number of rotatable bonds is 4. The van der Waals surface area contributed by atoms with Crippen LogP contribution in [0.3, 0.4) is 0 Å². The quantitative estimate of drug-likeness (QED) is 0.475. The Morgan fingerprint density at radius 1 is 1.20 bits per heavy atom. The van der Waals surface area contributed by atoms with Gasteiger partial charge in [-0.15, -0.1) is 0 Å². The van der Waals surface area contributed by atoms with Gasteiger partial charge in [0, 0.05) is 28.7 Å². The summed E-state index contributed by atoms with van der Waals surface area (Å²) in [7, 11) is 0. The van der Waals surface area contributed by atoms with Gasteiger partial charge in [-0.25, -0.2) is 0 Å². The van der Waals surface area contributed by atoms with E-state index in [4.69, 9.17) is 9.47 Å². The lowest BCUT2D eigenvalue weighted by Crippen LogP contribution is -2.16. The van der Waals surface area contributed by atoms with Crippen LogP contribution >= 0.6 is 15.9 Å². The van der Waals surface area contributed by atoms with Crippen LogP contribution in [-0.2, 0) is 4.79 Å². The lowest BCUT2D eigenvalue weighted by atomic mass is 10.1. The minimum atomic E-state index is -0.491. The van der Waals surface area contributed by atoms with Crippen LogP contribution in [0.5, 0.6) is 11.5 Å². The molecule has 2 aromatic carbocycles. The standard InChI is InChI=1S/C17H13BrN2O5/c18-12-9-15-16(25-8-7-24-15)10-13(12)19-17(21)6-5-11-3-1-2-4-14(11)20(22)23/h1-6,9-10H,7-8H2,(H,19,21)/b6-5+. The predicted octanol–water partition coefficient (Wildman–Crippen LogP) is 3.78. The van der Waals surface area contributed by atoms with Crippen LogP contribution in [-0.4, -0.2) is 24.0 Å². The van der Waals surface area contributed by atoms with Gasteiger partial charge in [0.1, 0.15) is 13.2 Å².